The van der Waals surface area contributed by atoms with Crippen LogP contribution in [0, 0.1) is 18.8 Å². The molecule has 1 fully saturated rings. The van der Waals surface area contributed by atoms with Gasteiger partial charge in [-0.3, -0.25) is 5.10 Å². The molecule has 1 aromatic heterocycles. The summed E-state index contributed by atoms with van der Waals surface area (Å²) in [6.07, 6.45) is 4.53. The van der Waals surface area contributed by atoms with Gasteiger partial charge in [0.1, 0.15) is 0 Å². The van der Waals surface area contributed by atoms with Crippen molar-refractivity contribution >= 4 is 10.0 Å². The molecule has 1 aromatic rings. The first-order chi connectivity index (χ1) is 9.44. The van der Waals surface area contributed by atoms with Crippen LogP contribution in [0.3, 0.4) is 0 Å². The second kappa shape index (κ2) is 6.24. The lowest BCUT2D eigenvalue weighted by molar-refractivity contribution is 0.277. The van der Waals surface area contributed by atoms with Crippen LogP contribution in [-0.4, -0.2) is 30.3 Å². The van der Waals surface area contributed by atoms with Gasteiger partial charge in [0.05, 0.1) is 6.61 Å². The lowest BCUT2D eigenvalue weighted by Crippen LogP contribution is -2.32. The van der Waals surface area contributed by atoms with Crippen molar-refractivity contribution in [1.82, 2.24) is 14.9 Å². The number of aromatic nitrogens is 2. The quantitative estimate of drug-likeness (QED) is 0.764. The molecular formula is C13H23N3O3S. The van der Waals surface area contributed by atoms with E-state index in [0.29, 0.717) is 29.6 Å². The summed E-state index contributed by atoms with van der Waals surface area (Å²) < 4.78 is 27.1. The van der Waals surface area contributed by atoms with Gasteiger partial charge < -0.3 is 5.11 Å². The molecule has 3 N–H and O–H groups in total. The van der Waals surface area contributed by atoms with Gasteiger partial charge in [0.25, 0.3) is 10.0 Å². The lowest BCUT2D eigenvalue weighted by atomic mass is 9.83. The van der Waals surface area contributed by atoms with E-state index in [2.05, 4.69) is 21.8 Å². The number of aryl methyl sites for hydroxylation is 1. The van der Waals surface area contributed by atoms with Crippen molar-refractivity contribution in [2.75, 3.05) is 6.54 Å². The van der Waals surface area contributed by atoms with Gasteiger partial charge >= 0.3 is 0 Å². The van der Waals surface area contributed by atoms with E-state index in [0.717, 1.165) is 19.3 Å². The number of sulfonamides is 1. The minimum absolute atomic E-state index is 0.0821. The van der Waals surface area contributed by atoms with Gasteiger partial charge in [0.15, 0.2) is 5.03 Å². The molecule has 2 atom stereocenters. The van der Waals surface area contributed by atoms with Crippen molar-refractivity contribution < 1.29 is 13.5 Å². The van der Waals surface area contributed by atoms with Crippen molar-refractivity contribution in [3.05, 3.63) is 11.3 Å². The van der Waals surface area contributed by atoms with Gasteiger partial charge in [0.2, 0.25) is 0 Å². The molecule has 0 amide bonds. The largest absolute Gasteiger partial charge is 0.392 e. The first kappa shape index (κ1) is 15.5. The molecule has 2 rings (SSSR count). The number of nitrogens with one attached hydrogen (secondary N) is 2. The van der Waals surface area contributed by atoms with E-state index < -0.39 is 10.0 Å². The highest BCUT2D eigenvalue weighted by atomic mass is 32.2. The molecule has 0 spiro atoms. The normalized spacial score (nSPS) is 23.9. The topological polar surface area (TPSA) is 95.1 Å². The summed E-state index contributed by atoms with van der Waals surface area (Å²) in [5.41, 5.74) is 0.925. The van der Waals surface area contributed by atoms with Gasteiger partial charge in [-0.15, -0.1) is 0 Å². The molecule has 1 aliphatic carbocycles. The highest BCUT2D eigenvalue weighted by Gasteiger charge is 2.25. The lowest BCUT2D eigenvalue weighted by Gasteiger charge is -2.26. The maximum atomic E-state index is 12.2. The van der Waals surface area contributed by atoms with Crippen LogP contribution in [-0.2, 0) is 16.6 Å². The van der Waals surface area contributed by atoms with Crippen LogP contribution >= 0.6 is 0 Å². The molecule has 114 valence electrons. The zero-order chi connectivity index (χ0) is 14.8. The molecule has 7 heteroatoms. The summed E-state index contributed by atoms with van der Waals surface area (Å²) in [5.74, 6) is 1.06. The Morgan fingerprint density at radius 3 is 2.85 bits per heavy atom. The SMILES string of the molecule is Cc1[nH]nc(S(=O)(=O)NCC2CCCC(C)C2)c1CO. The van der Waals surface area contributed by atoms with Crippen molar-refractivity contribution in [2.45, 2.75) is 51.2 Å². The summed E-state index contributed by atoms with van der Waals surface area (Å²) in [7, 11) is -3.65. The average molecular weight is 301 g/mol. The third kappa shape index (κ3) is 3.39. The van der Waals surface area contributed by atoms with Crippen LogP contribution < -0.4 is 4.72 Å². The van der Waals surface area contributed by atoms with E-state index in [-0.39, 0.29) is 11.6 Å². The average Bonchev–Trinajstić information content (AvgIpc) is 2.78. The molecule has 0 aliphatic heterocycles. The molecule has 0 saturated heterocycles. The Hall–Kier alpha value is -0.920. The Balaban J connectivity index is 2.04. The molecule has 1 heterocycles. The smallest absolute Gasteiger partial charge is 0.260 e. The number of aromatic amines is 1. The van der Waals surface area contributed by atoms with Crippen molar-refractivity contribution in [1.29, 1.82) is 0 Å². The fourth-order valence-electron chi connectivity index (χ4n) is 2.88. The van der Waals surface area contributed by atoms with Crippen LogP contribution in [0.5, 0.6) is 0 Å². The second-order valence-corrected chi connectivity index (χ2v) is 7.46. The van der Waals surface area contributed by atoms with Crippen LogP contribution in [0.2, 0.25) is 0 Å². The highest BCUT2D eigenvalue weighted by molar-refractivity contribution is 7.89. The highest BCUT2D eigenvalue weighted by Crippen LogP contribution is 2.28. The van der Waals surface area contributed by atoms with Crippen molar-refractivity contribution in [2.24, 2.45) is 11.8 Å². The molecule has 0 aromatic carbocycles. The van der Waals surface area contributed by atoms with E-state index in [1.807, 2.05) is 0 Å². The van der Waals surface area contributed by atoms with E-state index in [9.17, 15) is 13.5 Å². The molecular weight excluding hydrogens is 278 g/mol. The number of hydrogen-bond acceptors (Lipinski definition) is 4. The number of nitrogens with zero attached hydrogens (tertiary/aromatic N) is 1. The summed E-state index contributed by atoms with van der Waals surface area (Å²) in [5, 5.41) is 15.6. The fourth-order valence-corrected chi connectivity index (χ4v) is 4.18. The van der Waals surface area contributed by atoms with Crippen molar-refractivity contribution in [3.63, 3.8) is 0 Å². The Labute approximate surface area is 120 Å². The van der Waals surface area contributed by atoms with E-state index in [1.54, 1.807) is 6.92 Å². The van der Waals surface area contributed by atoms with Gasteiger partial charge in [-0.05, 0) is 31.6 Å². The Kier molecular flexibility index (Phi) is 4.82. The molecule has 1 aliphatic rings. The van der Waals surface area contributed by atoms with Gasteiger partial charge in [-0.2, -0.15) is 5.10 Å². The number of aliphatic hydroxyl groups is 1. The van der Waals surface area contributed by atoms with Crippen LogP contribution in [0.1, 0.15) is 43.9 Å². The number of aliphatic hydroxyl groups excluding tert-OH is 1. The first-order valence-electron chi connectivity index (χ1n) is 7.08. The third-order valence-corrected chi connectivity index (χ3v) is 5.45. The van der Waals surface area contributed by atoms with Gasteiger partial charge in [-0.1, -0.05) is 19.8 Å². The van der Waals surface area contributed by atoms with E-state index in [4.69, 9.17) is 0 Å². The first-order valence-corrected chi connectivity index (χ1v) is 8.56. The summed E-state index contributed by atoms with van der Waals surface area (Å²) in [6, 6.07) is 0. The molecule has 0 bridgehead atoms. The number of rotatable bonds is 5. The fraction of sp³-hybridized carbons (Fsp3) is 0.769. The maximum absolute atomic E-state index is 12.2. The Morgan fingerprint density at radius 2 is 2.20 bits per heavy atom. The van der Waals surface area contributed by atoms with Crippen LogP contribution in [0.25, 0.3) is 0 Å². The standard InChI is InChI=1S/C13H23N3O3S/c1-9-4-3-5-11(6-9)7-14-20(18,19)13-12(8-17)10(2)15-16-13/h9,11,14,17H,3-8H2,1-2H3,(H,15,16). The van der Waals surface area contributed by atoms with Crippen LogP contribution in [0.4, 0.5) is 0 Å². The molecule has 20 heavy (non-hydrogen) atoms. The summed E-state index contributed by atoms with van der Waals surface area (Å²) >= 11 is 0. The molecule has 0 radical (unpaired) electrons. The number of hydrogen-bond donors (Lipinski definition) is 3. The Bertz CT molecular complexity index is 553. The van der Waals surface area contributed by atoms with Gasteiger partial charge in [0, 0.05) is 17.8 Å². The van der Waals surface area contributed by atoms with Crippen LogP contribution in [0.15, 0.2) is 5.03 Å². The maximum Gasteiger partial charge on any atom is 0.260 e. The van der Waals surface area contributed by atoms with E-state index >= 15 is 0 Å². The number of H-pyrrole nitrogens is 1. The van der Waals surface area contributed by atoms with E-state index in [1.165, 1.54) is 6.42 Å². The predicted octanol–water partition coefficient (Wildman–Crippen LogP) is 1.32. The Morgan fingerprint density at radius 1 is 1.45 bits per heavy atom. The second-order valence-electron chi connectivity index (χ2n) is 5.78. The molecule has 1 saturated carbocycles. The van der Waals surface area contributed by atoms with Crippen molar-refractivity contribution in [3.8, 4) is 0 Å². The van der Waals surface area contributed by atoms with Gasteiger partial charge in [-0.25, -0.2) is 13.1 Å². The summed E-state index contributed by atoms with van der Waals surface area (Å²) in [4.78, 5) is 0. The molecule has 6 nitrogen and oxygen atoms in total. The minimum Gasteiger partial charge on any atom is -0.392 e. The third-order valence-electron chi connectivity index (χ3n) is 4.06. The molecule has 2 unspecified atom stereocenters. The minimum atomic E-state index is -3.65. The zero-order valence-electron chi connectivity index (χ0n) is 12.0. The summed E-state index contributed by atoms with van der Waals surface area (Å²) in [6.45, 7) is 4.02. The zero-order valence-corrected chi connectivity index (χ0v) is 12.8. The predicted molar refractivity (Wildman–Crippen MR) is 75.6 cm³/mol. The monoisotopic (exact) mass is 301 g/mol.